The molecule has 4 N–H and O–H groups in total. The molecule has 2 aromatic carbocycles. The predicted octanol–water partition coefficient (Wildman–Crippen LogP) is 0.696. The molecule has 2 aromatic rings. The van der Waals surface area contributed by atoms with Crippen LogP contribution < -0.4 is 20.1 Å². The first-order valence-electron chi connectivity index (χ1n) is 12.8. The van der Waals surface area contributed by atoms with Gasteiger partial charge >= 0.3 is 11.9 Å². The number of nitrogens with one attached hydrogen (secondary N) is 4. The summed E-state index contributed by atoms with van der Waals surface area (Å²) in [6.07, 6.45) is 2.91. The number of esters is 2. The molecule has 0 spiro atoms. The maximum absolute atomic E-state index is 12.1. The van der Waals surface area contributed by atoms with E-state index in [0.29, 0.717) is 25.9 Å². The molecule has 43 heavy (non-hydrogen) atoms. The molecule has 0 radical (unpaired) electrons. The molecule has 14 nitrogen and oxygen atoms in total. The number of carbonyl (C=O) groups is 4. The van der Waals surface area contributed by atoms with Crippen molar-refractivity contribution < 1.29 is 45.5 Å². The second-order valence-electron chi connectivity index (χ2n) is 9.27. The van der Waals surface area contributed by atoms with Gasteiger partial charge in [0.15, 0.2) is 0 Å². The molecule has 2 saturated heterocycles. The van der Waals surface area contributed by atoms with E-state index < -0.39 is 55.9 Å². The van der Waals surface area contributed by atoms with Crippen molar-refractivity contribution in [2.45, 2.75) is 55.0 Å². The van der Waals surface area contributed by atoms with Gasteiger partial charge < -0.3 is 20.1 Å². The molecule has 2 fully saturated rings. The minimum Gasteiger partial charge on any atom is -0.465 e. The average molecular weight is 641 g/mol. The van der Waals surface area contributed by atoms with Gasteiger partial charge in [-0.25, -0.2) is 35.9 Å². The topological polar surface area (TPSA) is 203 Å². The molecule has 2 atom stereocenters. The molecule has 0 aliphatic carbocycles. The van der Waals surface area contributed by atoms with Crippen LogP contribution >= 0.6 is 0 Å². The molecule has 0 aromatic heterocycles. The zero-order valence-electron chi connectivity index (χ0n) is 22.9. The Morgan fingerprint density at radius 1 is 0.651 bits per heavy atom. The first-order chi connectivity index (χ1) is 19.9. The number of sulfonamides is 2. The first kappa shape index (κ1) is 35.3. The smallest absolute Gasteiger partial charge is 0.337 e. The number of carbonyl (C=O) groups excluding carboxylic acids is 4. The van der Waals surface area contributed by atoms with E-state index >= 15 is 0 Å². The van der Waals surface area contributed by atoms with Crippen molar-refractivity contribution in [1.82, 2.24) is 20.1 Å². The Balaban J connectivity index is 0.000000293. The van der Waals surface area contributed by atoms with Crippen LogP contribution in [0.25, 0.3) is 0 Å². The predicted molar refractivity (Wildman–Crippen MR) is 155 cm³/mol. The summed E-state index contributed by atoms with van der Waals surface area (Å²) in [5.41, 5.74) is 0.473. The van der Waals surface area contributed by atoms with Crippen LogP contribution in [0.5, 0.6) is 0 Å². The molecule has 2 aliphatic rings. The standard InChI is InChI=1S/2C13H16N2O5S.CH4/c2*1-20-13(17)9-4-6-10(7-5-9)21(18,19)15-12(16)11-3-2-8-14-11;/h2*4-7,11,14H,2-3,8H2,1H3,(H,15,16);1H4/t2*11-;/m10./s1. The quantitative estimate of drug-likeness (QED) is 0.295. The van der Waals surface area contributed by atoms with E-state index in [1.54, 1.807) is 0 Å². The van der Waals surface area contributed by atoms with Gasteiger partial charge in [0.1, 0.15) is 0 Å². The zero-order chi connectivity index (χ0) is 30.9. The highest BCUT2D eigenvalue weighted by Crippen LogP contribution is 2.14. The lowest BCUT2D eigenvalue weighted by Gasteiger charge is -2.11. The number of ether oxygens (including phenoxy) is 2. The summed E-state index contributed by atoms with van der Waals surface area (Å²) in [7, 11) is -5.40. The molecule has 236 valence electrons. The van der Waals surface area contributed by atoms with Crippen LogP contribution in [0.1, 0.15) is 53.8 Å². The van der Waals surface area contributed by atoms with Gasteiger partial charge in [0.2, 0.25) is 0 Å². The van der Waals surface area contributed by atoms with E-state index in [-0.39, 0.29) is 28.3 Å². The highest BCUT2D eigenvalue weighted by Gasteiger charge is 2.28. The number of hydrogen-bond acceptors (Lipinski definition) is 12. The van der Waals surface area contributed by atoms with Crippen LogP contribution in [0.3, 0.4) is 0 Å². The maximum Gasteiger partial charge on any atom is 0.337 e. The van der Waals surface area contributed by atoms with Gasteiger partial charge in [0.25, 0.3) is 31.9 Å². The van der Waals surface area contributed by atoms with Crippen molar-refractivity contribution in [3.05, 3.63) is 59.7 Å². The van der Waals surface area contributed by atoms with Gasteiger partial charge in [-0.2, -0.15) is 0 Å². The van der Waals surface area contributed by atoms with E-state index in [2.05, 4.69) is 20.1 Å². The number of methoxy groups -OCH3 is 2. The Hall–Kier alpha value is -3.86. The van der Waals surface area contributed by atoms with Gasteiger partial charge in [-0.15, -0.1) is 0 Å². The number of benzene rings is 2. The number of rotatable bonds is 8. The third kappa shape index (κ3) is 9.57. The Morgan fingerprint density at radius 3 is 1.23 bits per heavy atom. The van der Waals surface area contributed by atoms with Crippen LogP contribution in [0.4, 0.5) is 0 Å². The molecule has 0 unspecified atom stereocenters. The van der Waals surface area contributed by atoms with Crippen molar-refractivity contribution in [2.75, 3.05) is 27.3 Å². The minimum atomic E-state index is -3.94. The largest absolute Gasteiger partial charge is 0.465 e. The van der Waals surface area contributed by atoms with Crippen molar-refractivity contribution in [1.29, 1.82) is 0 Å². The van der Waals surface area contributed by atoms with Crippen molar-refractivity contribution >= 4 is 43.8 Å². The van der Waals surface area contributed by atoms with Gasteiger partial charge in [0.05, 0.1) is 47.2 Å². The lowest BCUT2D eigenvalue weighted by Crippen LogP contribution is -2.43. The highest BCUT2D eigenvalue weighted by atomic mass is 32.2. The molecule has 4 rings (SSSR count). The van der Waals surface area contributed by atoms with E-state index in [9.17, 15) is 36.0 Å². The van der Waals surface area contributed by atoms with Crippen LogP contribution in [-0.4, -0.2) is 80.0 Å². The van der Waals surface area contributed by atoms with Crippen LogP contribution in [0.2, 0.25) is 0 Å². The summed E-state index contributed by atoms with van der Waals surface area (Å²) >= 11 is 0. The van der Waals surface area contributed by atoms with Gasteiger partial charge in [0, 0.05) is 0 Å². The molecule has 16 heteroatoms. The van der Waals surface area contributed by atoms with Crippen LogP contribution in [-0.2, 0) is 39.1 Å². The molecular weight excluding hydrogens is 604 g/mol. The van der Waals surface area contributed by atoms with E-state index in [0.717, 1.165) is 12.8 Å². The molecule has 2 heterocycles. The maximum atomic E-state index is 12.1. The Labute approximate surface area is 251 Å². The fourth-order valence-corrected chi connectivity index (χ4v) is 6.16. The average Bonchev–Trinajstić information content (AvgIpc) is 3.72. The Morgan fingerprint density at radius 2 is 0.977 bits per heavy atom. The fourth-order valence-electron chi connectivity index (χ4n) is 4.12. The molecular formula is C27H36N4O10S2. The molecule has 2 aliphatic heterocycles. The van der Waals surface area contributed by atoms with Gasteiger partial charge in [-0.3, -0.25) is 9.59 Å². The van der Waals surface area contributed by atoms with E-state index in [4.69, 9.17) is 0 Å². The van der Waals surface area contributed by atoms with E-state index in [1.807, 2.05) is 9.44 Å². The third-order valence-electron chi connectivity index (χ3n) is 6.39. The number of amides is 2. The fraction of sp³-hybridized carbons (Fsp3) is 0.407. The lowest BCUT2D eigenvalue weighted by atomic mass is 10.2. The zero-order valence-corrected chi connectivity index (χ0v) is 24.5. The van der Waals surface area contributed by atoms with E-state index in [1.165, 1.54) is 62.8 Å². The molecule has 2 amide bonds. The Kier molecular flexibility index (Phi) is 12.8. The van der Waals surface area contributed by atoms with Gasteiger partial charge in [-0.05, 0) is 87.3 Å². The summed E-state index contributed by atoms with van der Waals surface area (Å²) in [5.74, 6) is -2.25. The first-order valence-corrected chi connectivity index (χ1v) is 15.8. The number of hydrogen-bond donors (Lipinski definition) is 4. The van der Waals surface area contributed by atoms with Crippen molar-refractivity contribution in [2.24, 2.45) is 0 Å². The summed E-state index contributed by atoms with van der Waals surface area (Å²) in [6.45, 7) is 1.40. The second-order valence-corrected chi connectivity index (χ2v) is 12.6. The van der Waals surface area contributed by atoms with Gasteiger partial charge in [-0.1, -0.05) is 7.43 Å². The summed E-state index contributed by atoms with van der Waals surface area (Å²) in [5, 5.41) is 5.85. The SMILES string of the molecule is C.COC(=O)c1ccc(S(=O)(=O)NC(=O)[C@@H]2CCCN2)cc1.COC(=O)c1ccc(S(=O)(=O)NC(=O)[C@H]2CCCN2)cc1. The summed E-state index contributed by atoms with van der Waals surface area (Å²) < 4.78 is 61.4. The normalized spacial score (nSPS) is 17.8. The van der Waals surface area contributed by atoms with Crippen molar-refractivity contribution in [3.63, 3.8) is 0 Å². The van der Waals surface area contributed by atoms with Crippen molar-refractivity contribution in [3.8, 4) is 0 Å². The van der Waals surface area contributed by atoms with Crippen LogP contribution in [0, 0.1) is 0 Å². The van der Waals surface area contributed by atoms with Crippen LogP contribution in [0.15, 0.2) is 58.3 Å². The summed E-state index contributed by atoms with van der Waals surface area (Å²) in [6, 6.07) is 9.39. The Bertz CT molecular complexity index is 1380. The monoisotopic (exact) mass is 640 g/mol. The third-order valence-corrected chi connectivity index (χ3v) is 9.12. The minimum absolute atomic E-state index is 0. The lowest BCUT2D eigenvalue weighted by molar-refractivity contribution is -0.121. The molecule has 0 saturated carbocycles. The highest BCUT2D eigenvalue weighted by molar-refractivity contribution is 7.90. The molecule has 0 bridgehead atoms. The summed E-state index contributed by atoms with van der Waals surface area (Å²) in [4.78, 5) is 46.0. The second kappa shape index (κ2) is 15.6.